The molecule has 0 aromatic rings. The number of carbonyl (C=O) groups is 2. The van der Waals surface area contributed by atoms with Gasteiger partial charge in [0.2, 0.25) is 11.3 Å². The predicted molar refractivity (Wildman–Crippen MR) is 58.4 cm³/mol. The van der Waals surface area contributed by atoms with Gasteiger partial charge in [-0.25, -0.2) is 4.79 Å². The molecular weight excluding hydrogens is 214 g/mol. The Balaban J connectivity index is 2.18. The summed E-state index contributed by atoms with van der Waals surface area (Å²) in [6.07, 6.45) is 3.33. The van der Waals surface area contributed by atoms with Gasteiger partial charge >= 0.3 is 5.97 Å². The van der Waals surface area contributed by atoms with Crippen molar-refractivity contribution in [2.24, 2.45) is 0 Å². The Labute approximate surface area is 91.3 Å². The normalized spacial score (nSPS) is 29.3. The maximum Gasteiger partial charge on any atom is 0.352 e. The summed E-state index contributed by atoms with van der Waals surface area (Å²) in [7, 11) is 0.175. The second kappa shape index (κ2) is 3.89. The third kappa shape index (κ3) is 1.65. The SMILES string of the molecule is CCC[S+]1CC=C(C(=O)O)N2C(=O)C[C@H]21. The number of fused-ring (bicyclic) bond motifs is 1. The molecule has 0 aliphatic carbocycles. The number of carboxylic acids is 1. The van der Waals surface area contributed by atoms with Crippen molar-refractivity contribution in [1.29, 1.82) is 0 Å². The van der Waals surface area contributed by atoms with Crippen molar-refractivity contribution in [2.45, 2.75) is 25.1 Å². The van der Waals surface area contributed by atoms with Crippen molar-refractivity contribution in [3.8, 4) is 0 Å². The third-order valence-electron chi connectivity index (χ3n) is 2.73. The molecule has 5 heteroatoms. The molecule has 1 saturated heterocycles. The predicted octanol–water partition coefficient (Wildman–Crippen LogP) is 0.555. The number of hydrogen-bond acceptors (Lipinski definition) is 2. The summed E-state index contributed by atoms with van der Waals surface area (Å²) >= 11 is 0. The summed E-state index contributed by atoms with van der Waals surface area (Å²) in [5, 5.41) is 9.11. The fraction of sp³-hybridized carbons (Fsp3) is 0.600. The van der Waals surface area contributed by atoms with Crippen molar-refractivity contribution in [1.82, 2.24) is 4.90 Å². The van der Waals surface area contributed by atoms with E-state index in [1.165, 1.54) is 4.90 Å². The lowest BCUT2D eigenvalue weighted by Crippen LogP contribution is -2.59. The molecule has 1 unspecified atom stereocenters. The van der Waals surface area contributed by atoms with Gasteiger partial charge in [-0.05, 0) is 12.5 Å². The number of rotatable bonds is 3. The largest absolute Gasteiger partial charge is 0.477 e. The molecular formula is C10H14NO3S+. The second-order valence-corrected chi connectivity index (χ2v) is 6.09. The van der Waals surface area contributed by atoms with Crippen LogP contribution in [0, 0.1) is 0 Å². The van der Waals surface area contributed by atoms with E-state index in [0.717, 1.165) is 17.9 Å². The van der Waals surface area contributed by atoms with E-state index in [1.54, 1.807) is 6.08 Å². The van der Waals surface area contributed by atoms with E-state index >= 15 is 0 Å². The molecule has 2 atom stereocenters. The van der Waals surface area contributed by atoms with Crippen molar-refractivity contribution >= 4 is 22.8 Å². The molecule has 15 heavy (non-hydrogen) atoms. The summed E-state index contributed by atoms with van der Waals surface area (Å²) in [6, 6.07) is 0. The zero-order chi connectivity index (χ0) is 11.0. The highest BCUT2D eigenvalue weighted by Gasteiger charge is 2.52. The van der Waals surface area contributed by atoms with Crippen molar-refractivity contribution in [3.63, 3.8) is 0 Å². The average Bonchev–Trinajstić information content (AvgIpc) is 2.18. The van der Waals surface area contributed by atoms with Crippen molar-refractivity contribution in [3.05, 3.63) is 11.8 Å². The maximum atomic E-state index is 11.4. The van der Waals surface area contributed by atoms with Crippen molar-refractivity contribution < 1.29 is 14.7 Å². The van der Waals surface area contributed by atoms with Gasteiger partial charge in [0.15, 0.2) is 0 Å². The first-order valence-electron chi connectivity index (χ1n) is 5.07. The molecule has 2 heterocycles. The zero-order valence-corrected chi connectivity index (χ0v) is 9.42. The number of carboxylic acid groups (broad SMARTS) is 1. The summed E-state index contributed by atoms with van der Waals surface area (Å²) in [4.78, 5) is 23.7. The molecule has 0 saturated carbocycles. The molecule has 2 aliphatic rings. The van der Waals surface area contributed by atoms with Crippen LogP contribution in [0.15, 0.2) is 11.8 Å². The highest BCUT2D eigenvalue weighted by atomic mass is 32.2. The van der Waals surface area contributed by atoms with E-state index in [9.17, 15) is 9.59 Å². The molecule has 0 bridgehead atoms. The highest BCUT2D eigenvalue weighted by molar-refractivity contribution is 7.97. The van der Waals surface area contributed by atoms with E-state index in [2.05, 4.69) is 6.92 Å². The average molecular weight is 228 g/mol. The summed E-state index contributed by atoms with van der Waals surface area (Å²) in [6.45, 7) is 2.12. The van der Waals surface area contributed by atoms with Crippen LogP contribution in [0.3, 0.4) is 0 Å². The van der Waals surface area contributed by atoms with E-state index in [0.29, 0.717) is 6.42 Å². The van der Waals surface area contributed by atoms with Gasteiger partial charge in [0, 0.05) is 10.9 Å². The topological polar surface area (TPSA) is 57.6 Å². The van der Waals surface area contributed by atoms with Gasteiger partial charge in [0.1, 0.15) is 17.2 Å². The van der Waals surface area contributed by atoms with E-state index < -0.39 is 5.97 Å². The molecule has 1 N–H and O–H groups in total. The first-order chi connectivity index (χ1) is 7.15. The minimum Gasteiger partial charge on any atom is -0.477 e. The lowest BCUT2D eigenvalue weighted by Gasteiger charge is -2.41. The van der Waals surface area contributed by atoms with Crippen LogP contribution >= 0.6 is 0 Å². The first-order valence-corrected chi connectivity index (χ1v) is 6.69. The monoisotopic (exact) mass is 228 g/mol. The molecule has 1 fully saturated rings. The van der Waals surface area contributed by atoms with Crippen LogP contribution < -0.4 is 0 Å². The fourth-order valence-corrected chi connectivity index (χ4v) is 4.48. The van der Waals surface area contributed by atoms with Gasteiger partial charge < -0.3 is 5.11 Å². The molecule has 82 valence electrons. The van der Waals surface area contributed by atoms with Crippen LogP contribution in [-0.2, 0) is 20.5 Å². The molecule has 1 amide bonds. The summed E-state index contributed by atoms with van der Waals surface area (Å²) in [5.74, 6) is 0.900. The standard InChI is InChI=1S/C10H13NO3S/c1-2-4-15-5-3-7(10(13)14)11-8(12)6-9(11)15/h3,9H,2,4-6H2,1H3/p+1/t9-,15?/m1/s1. The molecule has 0 aromatic heterocycles. The quantitative estimate of drug-likeness (QED) is 0.567. The minimum absolute atomic E-state index is 0.0399. The number of β-lactam (4-membered cyclic amide) rings is 1. The highest BCUT2D eigenvalue weighted by Crippen LogP contribution is 2.34. The van der Waals surface area contributed by atoms with Crippen LogP contribution in [0.1, 0.15) is 19.8 Å². The maximum absolute atomic E-state index is 11.4. The molecule has 0 aromatic carbocycles. The van der Waals surface area contributed by atoms with E-state index in [-0.39, 0.29) is 27.9 Å². The summed E-state index contributed by atoms with van der Waals surface area (Å²) < 4.78 is 0. The van der Waals surface area contributed by atoms with Gasteiger partial charge in [-0.3, -0.25) is 9.69 Å². The number of hydrogen-bond donors (Lipinski definition) is 1. The van der Waals surface area contributed by atoms with Gasteiger partial charge in [-0.1, -0.05) is 6.92 Å². The van der Waals surface area contributed by atoms with E-state index in [1.807, 2.05) is 0 Å². The van der Waals surface area contributed by atoms with Gasteiger partial charge in [0.25, 0.3) is 0 Å². The molecule has 2 rings (SSSR count). The van der Waals surface area contributed by atoms with Crippen LogP contribution in [0.25, 0.3) is 0 Å². The zero-order valence-electron chi connectivity index (χ0n) is 8.60. The van der Waals surface area contributed by atoms with Crippen LogP contribution in [0.4, 0.5) is 0 Å². The van der Waals surface area contributed by atoms with Crippen LogP contribution in [0.5, 0.6) is 0 Å². The third-order valence-corrected chi connectivity index (χ3v) is 5.40. The Hall–Kier alpha value is -0.970. The molecule has 2 aliphatic heterocycles. The lowest BCUT2D eigenvalue weighted by atomic mass is 10.1. The van der Waals surface area contributed by atoms with Crippen molar-refractivity contribution in [2.75, 3.05) is 11.5 Å². The number of nitrogens with zero attached hydrogens (tertiary/aromatic N) is 1. The Bertz CT molecular complexity index is 340. The second-order valence-electron chi connectivity index (χ2n) is 3.73. The Morgan fingerprint density at radius 2 is 2.47 bits per heavy atom. The van der Waals surface area contributed by atoms with Crippen LogP contribution in [0.2, 0.25) is 0 Å². The van der Waals surface area contributed by atoms with Crippen LogP contribution in [-0.4, -0.2) is 38.8 Å². The summed E-state index contributed by atoms with van der Waals surface area (Å²) in [5.41, 5.74) is 0.191. The molecule has 0 radical (unpaired) electrons. The molecule has 0 spiro atoms. The first kappa shape index (κ1) is 10.5. The van der Waals surface area contributed by atoms with Gasteiger partial charge in [-0.15, -0.1) is 0 Å². The van der Waals surface area contributed by atoms with Gasteiger partial charge in [-0.2, -0.15) is 0 Å². The molecule has 4 nitrogen and oxygen atoms in total. The van der Waals surface area contributed by atoms with E-state index in [4.69, 9.17) is 5.11 Å². The Morgan fingerprint density at radius 3 is 3.00 bits per heavy atom. The lowest BCUT2D eigenvalue weighted by molar-refractivity contribution is -0.146. The Kier molecular flexibility index (Phi) is 2.73. The number of carbonyl (C=O) groups excluding carboxylic acids is 1. The Morgan fingerprint density at radius 1 is 1.73 bits per heavy atom. The smallest absolute Gasteiger partial charge is 0.352 e. The van der Waals surface area contributed by atoms with Gasteiger partial charge in [0.05, 0.1) is 6.42 Å². The number of aliphatic carboxylic acids is 1. The minimum atomic E-state index is -0.979. The number of amides is 1. The fourth-order valence-electron chi connectivity index (χ4n) is 2.01.